The molecular weight excluding hydrogens is 414 g/mol. The van der Waals surface area contributed by atoms with Crippen molar-refractivity contribution < 1.29 is 20.1 Å². The highest BCUT2D eigenvalue weighted by atomic mass is 32.2. The van der Waals surface area contributed by atoms with Gasteiger partial charge in [-0.05, 0) is 36.2 Å². The van der Waals surface area contributed by atoms with Crippen LogP contribution in [0.2, 0.25) is 0 Å². The number of imidazole rings is 1. The summed E-state index contributed by atoms with van der Waals surface area (Å²) in [5, 5.41) is 33.9. The van der Waals surface area contributed by atoms with Gasteiger partial charge in [0.2, 0.25) is 0 Å². The molecule has 1 aliphatic rings. The molecular formula is C18H17N5O4S2. The van der Waals surface area contributed by atoms with E-state index in [1.807, 2.05) is 17.5 Å². The molecule has 150 valence electrons. The Morgan fingerprint density at radius 3 is 2.90 bits per heavy atom. The van der Waals surface area contributed by atoms with Gasteiger partial charge in [0.1, 0.15) is 29.1 Å². The van der Waals surface area contributed by atoms with Crippen molar-refractivity contribution in [3.05, 3.63) is 41.8 Å². The Hall–Kier alpha value is -2.15. The van der Waals surface area contributed by atoms with Crippen LogP contribution < -0.4 is 0 Å². The van der Waals surface area contributed by atoms with Crippen LogP contribution in [0, 0.1) is 0 Å². The van der Waals surface area contributed by atoms with Gasteiger partial charge in [-0.1, -0.05) is 17.8 Å². The molecule has 0 amide bonds. The molecule has 0 bridgehead atoms. The molecule has 1 fully saturated rings. The minimum atomic E-state index is -1.50. The second-order valence-electron chi connectivity index (χ2n) is 6.96. The van der Waals surface area contributed by atoms with E-state index >= 15 is 0 Å². The summed E-state index contributed by atoms with van der Waals surface area (Å²) in [7, 11) is 0. The van der Waals surface area contributed by atoms with Gasteiger partial charge in [-0.2, -0.15) is 4.37 Å². The zero-order valence-electron chi connectivity index (χ0n) is 15.2. The highest BCUT2D eigenvalue weighted by Gasteiger charge is 2.52. The minimum Gasteiger partial charge on any atom is -0.385 e. The Bertz CT molecular complexity index is 1200. The number of aromatic nitrogens is 5. The average molecular weight is 431 g/mol. The first-order chi connectivity index (χ1) is 14.0. The third kappa shape index (κ3) is 3.01. The van der Waals surface area contributed by atoms with Crippen LogP contribution in [0.25, 0.3) is 22.1 Å². The molecule has 4 unspecified atom stereocenters. The second kappa shape index (κ2) is 6.97. The van der Waals surface area contributed by atoms with Crippen molar-refractivity contribution in [3.63, 3.8) is 0 Å². The number of thioether (sulfide) groups is 1. The Kier molecular flexibility index (Phi) is 4.53. The first-order valence-corrected chi connectivity index (χ1v) is 10.7. The minimum absolute atomic E-state index is 0.447. The van der Waals surface area contributed by atoms with Crippen molar-refractivity contribution in [2.45, 2.75) is 41.9 Å². The van der Waals surface area contributed by atoms with Crippen LogP contribution >= 0.6 is 23.3 Å². The van der Waals surface area contributed by atoms with Gasteiger partial charge >= 0.3 is 0 Å². The van der Waals surface area contributed by atoms with E-state index in [-0.39, 0.29) is 0 Å². The van der Waals surface area contributed by atoms with Gasteiger partial charge in [0.15, 0.2) is 17.7 Å². The molecule has 1 aliphatic heterocycles. The number of hydrogen-bond donors (Lipinski definition) is 3. The lowest BCUT2D eigenvalue weighted by Crippen LogP contribution is -2.42. The first-order valence-electron chi connectivity index (χ1n) is 8.84. The molecule has 5 rings (SSSR count). The van der Waals surface area contributed by atoms with E-state index in [0.29, 0.717) is 21.9 Å². The Morgan fingerprint density at radius 1 is 1.24 bits per heavy atom. The maximum atomic E-state index is 10.4. The summed E-state index contributed by atoms with van der Waals surface area (Å²) < 4.78 is 11.3. The predicted octanol–water partition coefficient (Wildman–Crippen LogP) is 1.47. The lowest BCUT2D eigenvalue weighted by atomic mass is 10.1. The van der Waals surface area contributed by atoms with E-state index in [4.69, 9.17) is 4.74 Å². The SMILES string of the molecule is CC1(n2cnc3c(SCc4ccc5nscc5c4)ncnc32)OC(O)C(O)C1O. The maximum absolute atomic E-state index is 10.4. The van der Waals surface area contributed by atoms with Gasteiger partial charge in [-0.3, -0.25) is 4.57 Å². The normalized spacial score (nSPS) is 27.2. The van der Waals surface area contributed by atoms with Crippen LogP contribution in [-0.4, -0.2) is 57.7 Å². The van der Waals surface area contributed by atoms with Crippen LogP contribution in [0.5, 0.6) is 0 Å². The van der Waals surface area contributed by atoms with Gasteiger partial charge in [-0.15, -0.1) is 0 Å². The predicted molar refractivity (Wildman–Crippen MR) is 107 cm³/mol. The summed E-state index contributed by atoms with van der Waals surface area (Å²) in [6, 6.07) is 6.15. The number of fused-ring (bicyclic) bond motifs is 2. The van der Waals surface area contributed by atoms with Gasteiger partial charge in [0, 0.05) is 16.5 Å². The number of aliphatic hydroxyl groups excluding tert-OH is 3. The molecule has 4 heterocycles. The molecule has 3 N–H and O–H groups in total. The summed E-state index contributed by atoms with van der Waals surface area (Å²) in [4.78, 5) is 13.0. The Labute approximate surface area is 173 Å². The highest BCUT2D eigenvalue weighted by molar-refractivity contribution is 7.98. The van der Waals surface area contributed by atoms with E-state index in [2.05, 4.69) is 25.4 Å². The Balaban J connectivity index is 1.45. The molecule has 4 aromatic rings. The zero-order valence-corrected chi connectivity index (χ0v) is 16.8. The molecule has 0 radical (unpaired) electrons. The smallest absolute Gasteiger partial charge is 0.186 e. The molecule has 0 saturated carbocycles. The van der Waals surface area contributed by atoms with Gasteiger partial charge in [0.05, 0.1) is 11.8 Å². The number of benzene rings is 1. The summed E-state index contributed by atoms with van der Waals surface area (Å²) in [6.07, 6.45) is -1.36. The number of aliphatic hydroxyl groups is 3. The summed E-state index contributed by atoms with van der Waals surface area (Å²) in [5.41, 5.74) is 1.73. The fourth-order valence-corrected chi connectivity index (χ4v) is 4.98. The van der Waals surface area contributed by atoms with Gasteiger partial charge in [0.25, 0.3) is 0 Å². The van der Waals surface area contributed by atoms with Gasteiger partial charge in [-0.25, -0.2) is 15.0 Å². The topological polar surface area (TPSA) is 126 Å². The zero-order chi connectivity index (χ0) is 20.2. The largest absolute Gasteiger partial charge is 0.385 e. The fraction of sp³-hybridized carbons (Fsp3) is 0.333. The van der Waals surface area contributed by atoms with Crippen molar-refractivity contribution in [2.24, 2.45) is 0 Å². The van der Waals surface area contributed by atoms with E-state index in [1.54, 1.807) is 6.92 Å². The van der Waals surface area contributed by atoms with Crippen molar-refractivity contribution in [2.75, 3.05) is 0 Å². The number of hydrogen-bond acceptors (Lipinski definition) is 10. The average Bonchev–Trinajstić information content (AvgIpc) is 3.41. The van der Waals surface area contributed by atoms with E-state index in [1.165, 1.54) is 40.5 Å². The van der Waals surface area contributed by atoms with E-state index in [0.717, 1.165) is 16.5 Å². The highest BCUT2D eigenvalue weighted by Crippen LogP contribution is 2.37. The molecule has 3 aromatic heterocycles. The second-order valence-corrected chi connectivity index (χ2v) is 8.55. The molecule has 9 nitrogen and oxygen atoms in total. The van der Waals surface area contributed by atoms with Crippen molar-refractivity contribution in [1.29, 1.82) is 0 Å². The lowest BCUT2D eigenvalue weighted by Gasteiger charge is -2.28. The van der Waals surface area contributed by atoms with Crippen molar-refractivity contribution in [1.82, 2.24) is 23.9 Å². The molecule has 1 saturated heterocycles. The summed E-state index contributed by atoms with van der Waals surface area (Å²) >= 11 is 2.96. The van der Waals surface area contributed by atoms with Crippen LogP contribution in [0.3, 0.4) is 0 Å². The number of ether oxygens (including phenoxy) is 1. The molecule has 29 heavy (non-hydrogen) atoms. The van der Waals surface area contributed by atoms with E-state index < -0.39 is 24.2 Å². The molecule has 11 heteroatoms. The van der Waals surface area contributed by atoms with E-state index in [9.17, 15) is 15.3 Å². The van der Waals surface area contributed by atoms with Crippen molar-refractivity contribution in [3.8, 4) is 0 Å². The lowest BCUT2D eigenvalue weighted by molar-refractivity contribution is -0.186. The van der Waals surface area contributed by atoms with Crippen LogP contribution in [-0.2, 0) is 16.2 Å². The monoisotopic (exact) mass is 431 g/mol. The third-order valence-electron chi connectivity index (χ3n) is 5.10. The van der Waals surface area contributed by atoms with Crippen LogP contribution in [0.15, 0.2) is 41.3 Å². The quantitative estimate of drug-likeness (QED) is 0.325. The maximum Gasteiger partial charge on any atom is 0.186 e. The standard InChI is InChI=1S/C18H17N5O4S2/c1-18(14(25)13(24)17(26)27-18)23-8-21-12-15(23)19-7-20-16(12)28-5-9-2-3-11-10(4-9)6-29-22-11/h2-4,6-8,13-14,17,24-26H,5H2,1H3. The Morgan fingerprint density at radius 2 is 2.10 bits per heavy atom. The summed E-state index contributed by atoms with van der Waals surface area (Å²) in [6.45, 7) is 1.57. The number of rotatable bonds is 4. The van der Waals surface area contributed by atoms with Crippen molar-refractivity contribution >= 4 is 45.4 Å². The first kappa shape index (κ1) is 18.9. The van der Waals surface area contributed by atoms with Crippen LogP contribution in [0.1, 0.15) is 12.5 Å². The number of nitrogens with zero attached hydrogens (tertiary/aromatic N) is 5. The third-order valence-corrected chi connectivity index (χ3v) is 6.81. The summed E-state index contributed by atoms with van der Waals surface area (Å²) in [5.74, 6) is 0.693. The molecule has 1 aromatic carbocycles. The van der Waals surface area contributed by atoms with Gasteiger partial charge < -0.3 is 20.1 Å². The fourth-order valence-electron chi connectivity index (χ4n) is 3.46. The van der Waals surface area contributed by atoms with Crippen LogP contribution in [0.4, 0.5) is 0 Å². The molecule has 4 atom stereocenters. The molecule has 0 aliphatic carbocycles. The molecule has 0 spiro atoms.